The van der Waals surface area contributed by atoms with Crippen molar-refractivity contribution in [2.24, 2.45) is 4.99 Å². The Labute approximate surface area is 164 Å². The molecule has 0 unspecified atom stereocenters. The molecule has 4 rings (SSSR count). The first-order valence-electron chi connectivity index (χ1n) is 9.53. The highest BCUT2D eigenvalue weighted by Gasteiger charge is 2.16. The molecule has 0 saturated carbocycles. The van der Waals surface area contributed by atoms with Crippen molar-refractivity contribution < 1.29 is 4.74 Å². The highest BCUT2D eigenvalue weighted by molar-refractivity contribution is 7.18. The Morgan fingerprint density at radius 1 is 1.11 bits per heavy atom. The van der Waals surface area contributed by atoms with Crippen LogP contribution < -0.4 is 4.74 Å². The number of nitrogens with zero attached hydrogens (tertiary/aromatic N) is 2. The van der Waals surface area contributed by atoms with Crippen LogP contribution in [0.4, 0.5) is 0 Å². The molecule has 0 fully saturated rings. The predicted molar refractivity (Wildman–Crippen MR) is 114 cm³/mol. The van der Waals surface area contributed by atoms with Crippen LogP contribution in [0.15, 0.2) is 47.6 Å². The van der Waals surface area contributed by atoms with Crippen molar-refractivity contribution >= 4 is 17.6 Å². The molecule has 0 radical (unpaired) electrons. The second kappa shape index (κ2) is 7.65. The standard InChI is InChI=1S/C23H24N2OS/c1-4-19-20-11-12-24-13-17(20)7-10-21(19)22-14-25-23(27-22)16-5-8-18(9-6-16)26-15(2)3/h5-10,13-15H,4,11-12H2,1-3H3. The van der Waals surface area contributed by atoms with E-state index in [1.54, 1.807) is 11.3 Å². The monoisotopic (exact) mass is 376 g/mol. The lowest BCUT2D eigenvalue weighted by molar-refractivity contribution is 0.242. The molecule has 2 heterocycles. The quantitative estimate of drug-likeness (QED) is 0.564. The number of aliphatic imine (C=N–C) groups is 1. The Kier molecular flexibility index (Phi) is 5.08. The topological polar surface area (TPSA) is 34.5 Å². The van der Waals surface area contributed by atoms with Gasteiger partial charge in [-0.3, -0.25) is 4.99 Å². The average Bonchev–Trinajstić information content (AvgIpc) is 3.17. The lowest BCUT2D eigenvalue weighted by atomic mass is 9.91. The fourth-order valence-corrected chi connectivity index (χ4v) is 4.56. The molecule has 27 heavy (non-hydrogen) atoms. The lowest BCUT2D eigenvalue weighted by Gasteiger charge is -2.17. The number of hydrogen-bond donors (Lipinski definition) is 0. The van der Waals surface area contributed by atoms with E-state index in [-0.39, 0.29) is 6.10 Å². The van der Waals surface area contributed by atoms with Crippen molar-refractivity contribution in [2.75, 3.05) is 6.54 Å². The highest BCUT2D eigenvalue weighted by Crippen LogP contribution is 2.36. The van der Waals surface area contributed by atoms with Crippen LogP contribution in [0.2, 0.25) is 0 Å². The smallest absolute Gasteiger partial charge is 0.123 e. The van der Waals surface area contributed by atoms with Crippen LogP contribution in [0.3, 0.4) is 0 Å². The van der Waals surface area contributed by atoms with Gasteiger partial charge in [-0.25, -0.2) is 4.98 Å². The molecular formula is C23H24N2OS. The van der Waals surface area contributed by atoms with Crippen molar-refractivity contribution in [3.63, 3.8) is 0 Å². The van der Waals surface area contributed by atoms with Crippen molar-refractivity contribution in [1.29, 1.82) is 0 Å². The van der Waals surface area contributed by atoms with Crippen LogP contribution in [-0.4, -0.2) is 23.8 Å². The number of hydrogen-bond acceptors (Lipinski definition) is 4. The summed E-state index contributed by atoms with van der Waals surface area (Å²) in [4.78, 5) is 10.3. The molecule has 0 saturated heterocycles. The summed E-state index contributed by atoms with van der Waals surface area (Å²) in [5, 5.41) is 1.04. The Bertz CT molecular complexity index is 971. The van der Waals surface area contributed by atoms with Crippen LogP contribution in [0, 0.1) is 0 Å². The molecular weight excluding hydrogens is 352 g/mol. The minimum Gasteiger partial charge on any atom is -0.491 e. The van der Waals surface area contributed by atoms with Crippen LogP contribution in [0.5, 0.6) is 5.75 Å². The van der Waals surface area contributed by atoms with Gasteiger partial charge in [-0.2, -0.15) is 0 Å². The van der Waals surface area contributed by atoms with E-state index < -0.39 is 0 Å². The van der Waals surface area contributed by atoms with Gasteiger partial charge in [0, 0.05) is 24.5 Å². The molecule has 0 aliphatic carbocycles. The van der Waals surface area contributed by atoms with Gasteiger partial charge < -0.3 is 4.74 Å². The molecule has 138 valence electrons. The fourth-order valence-electron chi connectivity index (χ4n) is 3.58. The van der Waals surface area contributed by atoms with E-state index >= 15 is 0 Å². The summed E-state index contributed by atoms with van der Waals surface area (Å²) < 4.78 is 5.74. The summed E-state index contributed by atoms with van der Waals surface area (Å²) in [7, 11) is 0. The molecule has 3 aromatic rings. The molecule has 1 aliphatic heterocycles. The van der Waals surface area contributed by atoms with Gasteiger partial charge in [0.15, 0.2) is 0 Å². The third kappa shape index (κ3) is 3.67. The van der Waals surface area contributed by atoms with Crippen LogP contribution in [0.1, 0.15) is 37.5 Å². The maximum atomic E-state index is 5.74. The molecule has 0 amide bonds. The molecule has 1 aliphatic rings. The number of aromatic nitrogens is 1. The maximum absolute atomic E-state index is 5.74. The molecule has 2 aromatic carbocycles. The minimum atomic E-state index is 0.184. The summed E-state index contributed by atoms with van der Waals surface area (Å²) in [6, 6.07) is 12.6. The van der Waals surface area contributed by atoms with Crippen LogP contribution >= 0.6 is 11.3 Å². The van der Waals surface area contributed by atoms with Gasteiger partial charge in [-0.05, 0) is 73.2 Å². The van der Waals surface area contributed by atoms with E-state index in [0.29, 0.717) is 0 Å². The average molecular weight is 377 g/mol. The minimum absolute atomic E-state index is 0.184. The zero-order chi connectivity index (χ0) is 18.8. The van der Waals surface area contributed by atoms with Crippen molar-refractivity contribution in [1.82, 2.24) is 4.98 Å². The third-order valence-electron chi connectivity index (χ3n) is 4.79. The first kappa shape index (κ1) is 17.9. The normalized spacial score (nSPS) is 13.0. The van der Waals surface area contributed by atoms with Gasteiger partial charge in [-0.15, -0.1) is 11.3 Å². The molecule has 0 bridgehead atoms. The van der Waals surface area contributed by atoms with E-state index in [1.165, 1.54) is 27.1 Å². The second-order valence-corrected chi connectivity index (χ2v) is 8.05. The van der Waals surface area contributed by atoms with Gasteiger partial charge in [0.1, 0.15) is 10.8 Å². The molecule has 0 atom stereocenters. The van der Waals surface area contributed by atoms with E-state index in [9.17, 15) is 0 Å². The summed E-state index contributed by atoms with van der Waals surface area (Å²) in [5.74, 6) is 0.898. The molecule has 4 heteroatoms. The molecule has 3 nitrogen and oxygen atoms in total. The highest BCUT2D eigenvalue weighted by atomic mass is 32.1. The van der Waals surface area contributed by atoms with Gasteiger partial charge in [0.2, 0.25) is 0 Å². The van der Waals surface area contributed by atoms with Gasteiger partial charge in [-0.1, -0.05) is 19.1 Å². The Balaban J connectivity index is 1.66. The summed E-state index contributed by atoms with van der Waals surface area (Å²) >= 11 is 1.75. The van der Waals surface area contributed by atoms with Gasteiger partial charge >= 0.3 is 0 Å². The number of fused-ring (bicyclic) bond motifs is 1. The summed E-state index contributed by atoms with van der Waals surface area (Å²) in [6.45, 7) is 7.20. The number of benzene rings is 2. The summed E-state index contributed by atoms with van der Waals surface area (Å²) in [5.41, 5.74) is 6.61. The first-order chi connectivity index (χ1) is 13.2. The Morgan fingerprint density at radius 2 is 1.93 bits per heavy atom. The van der Waals surface area contributed by atoms with Crippen molar-refractivity contribution in [3.8, 4) is 26.8 Å². The largest absolute Gasteiger partial charge is 0.491 e. The molecule has 0 spiro atoms. The van der Waals surface area contributed by atoms with E-state index in [2.05, 4.69) is 36.2 Å². The predicted octanol–water partition coefficient (Wildman–Crippen LogP) is 5.80. The maximum Gasteiger partial charge on any atom is 0.123 e. The van der Waals surface area contributed by atoms with Crippen LogP contribution in [0.25, 0.3) is 21.0 Å². The number of ether oxygens (including phenoxy) is 1. The van der Waals surface area contributed by atoms with E-state index in [4.69, 9.17) is 9.72 Å². The Hall–Kier alpha value is -2.46. The number of rotatable bonds is 5. The van der Waals surface area contributed by atoms with Gasteiger partial charge in [0.05, 0.1) is 11.0 Å². The lowest BCUT2D eigenvalue weighted by Crippen LogP contribution is -2.07. The third-order valence-corrected chi connectivity index (χ3v) is 5.87. The molecule has 0 N–H and O–H groups in total. The zero-order valence-electron chi connectivity index (χ0n) is 16.0. The number of thiazole rings is 1. The summed E-state index contributed by atoms with van der Waals surface area (Å²) in [6.07, 6.45) is 6.27. The van der Waals surface area contributed by atoms with Crippen molar-refractivity contribution in [2.45, 2.75) is 39.7 Å². The molecule has 1 aromatic heterocycles. The first-order valence-corrected chi connectivity index (χ1v) is 10.3. The van der Waals surface area contributed by atoms with Crippen molar-refractivity contribution in [3.05, 3.63) is 59.3 Å². The van der Waals surface area contributed by atoms with Gasteiger partial charge in [0.25, 0.3) is 0 Å². The Morgan fingerprint density at radius 3 is 2.67 bits per heavy atom. The van der Waals surface area contributed by atoms with E-state index in [1.807, 2.05) is 38.4 Å². The fraction of sp³-hybridized carbons (Fsp3) is 0.304. The SMILES string of the molecule is CCc1c(-c2cnc(-c3ccc(OC(C)C)cc3)s2)ccc2c1CCN=C2. The second-order valence-electron chi connectivity index (χ2n) is 7.02. The van der Waals surface area contributed by atoms with Crippen LogP contribution in [-0.2, 0) is 12.8 Å². The zero-order valence-corrected chi connectivity index (χ0v) is 16.8. The van der Waals surface area contributed by atoms with E-state index in [0.717, 1.165) is 35.7 Å².